The molecule has 0 bridgehead atoms. The number of allylic oxidation sites excluding steroid dienone is 1. The standard InChI is InChI=1S/C10H8N4O2S/c11-5-8(6-12)7-14-9-1-3-10(4-2-9)17(13,15)16/h1-4,7,14H,(H2,13,15,16). The molecule has 0 saturated carbocycles. The minimum atomic E-state index is -3.71. The van der Waals surface area contributed by atoms with E-state index in [4.69, 9.17) is 15.7 Å². The lowest BCUT2D eigenvalue weighted by atomic mass is 10.3. The monoisotopic (exact) mass is 248 g/mol. The summed E-state index contributed by atoms with van der Waals surface area (Å²) in [6, 6.07) is 8.95. The summed E-state index contributed by atoms with van der Waals surface area (Å²) in [5, 5.41) is 24.6. The molecule has 0 heterocycles. The Balaban J connectivity index is 2.89. The fourth-order valence-electron chi connectivity index (χ4n) is 0.986. The maximum absolute atomic E-state index is 11.0. The topological polar surface area (TPSA) is 120 Å². The quantitative estimate of drug-likeness (QED) is 0.762. The Bertz CT molecular complexity index is 602. The van der Waals surface area contributed by atoms with Crippen LogP contribution in [0.2, 0.25) is 0 Å². The van der Waals surface area contributed by atoms with E-state index in [2.05, 4.69) is 5.32 Å². The van der Waals surface area contributed by atoms with Crippen LogP contribution in [0.1, 0.15) is 0 Å². The first kappa shape index (κ1) is 12.7. The zero-order valence-electron chi connectivity index (χ0n) is 8.58. The summed E-state index contributed by atoms with van der Waals surface area (Å²) in [5.41, 5.74) is 0.459. The van der Waals surface area contributed by atoms with Crippen LogP contribution in [-0.4, -0.2) is 8.42 Å². The van der Waals surface area contributed by atoms with Crippen molar-refractivity contribution >= 4 is 15.7 Å². The van der Waals surface area contributed by atoms with E-state index in [0.717, 1.165) is 0 Å². The molecule has 17 heavy (non-hydrogen) atoms. The van der Waals surface area contributed by atoms with Gasteiger partial charge in [-0.3, -0.25) is 0 Å². The molecule has 0 spiro atoms. The number of rotatable bonds is 3. The Labute approximate surface area is 98.6 Å². The summed E-state index contributed by atoms with van der Waals surface area (Å²) < 4.78 is 21.9. The normalized spacial score (nSPS) is 9.82. The van der Waals surface area contributed by atoms with Gasteiger partial charge in [-0.2, -0.15) is 10.5 Å². The predicted molar refractivity (Wildman–Crippen MR) is 60.7 cm³/mol. The van der Waals surface area contributed by atoms with Gasteiger partial charge in [-0.15, -0.1) is 0 Å². The number of benzene rings is 1. The van der Waals surface area contributed by atoms with E-state index >= 15 is 0 Å². The third-order valence-corrected chi connectivity index (χ3v) is 2.74. The molecule has 0 radical (unpaired) electrons. The van der Waals surface area contributed by atoms with Crippen LogP contribution in [0.3, 0.4) is 0 Å². The van der Waals surface area contributed by atoms with Crippen molar-refractivity contribution in [2.45, 2.75) is 4.90 Å². The molecular formula is C10H8N4O2S. The second-order valence-corrected chi connectivity index (χ2v) is 4.56. The highest BCUT2D eigenvalue weighted by Crippen LogP contribution is 2.12. The SMILES string of the molecule is N#CC(C#N)=CNc1ccc(S(N)(=O)=O)cc1. The van der Waals surface area contributed by atoms with Crippen LogP contribution in [0.4, 0.5) is 5.69 Å². The van der Waals surface area contributed by atoms with Crippen molar-refractivity contribution in [3.63, 3.8) is 0 Å². The minimum absolute atomic E-state index is 0.00665. The maximum atomic E-state index is 11.0. The summed E-state index contributed by atoms with van der Waals surface area (Å²) in [6.45, 7) is 0. The molecule has 0 fully saturated rings. The first-order valence-corrected chi connectivity index (χ1v) is 5.92. The molecule has 0 aliphatic carbocycles. The van der Waals surface area contributed by atoms with Crippen molar-refractivity contribution in [1.82, 2.24) is 0 Å². The fraction of sp³-hybridized carbons (Fsp3) is 0. The summed E-state index contributed by atoms with van der Waals surface area (Å²) >= 11 is 0. The van der Waals surface area contributed by atoms with E-state index in [-0.39, 0.29) is 10.5 Å². The average molecular weight is 248 g/mol. The van der Waals surface area contributed by atoms with Crippen molar-refractivity contribution in [2.75, 3.05) is 5.32 Å². The van der Waals surface area contributed by atoms with Crippen LogP contribution in [0.5, 0.6) is 0 Å². The molecule has 1 rings (SSSR count). The summed E-state index contributed by atoms with van der Waals surface area (Å²) in [5.74, 6) is 0. The fourth-order valence-corrected chi connectivity index (χ4v) is 1.50. The Hall–Kier alpha value is -2.35. The van der Waals surface area contributed by atoms with Crippen LogP contribution in [0, 0.1) is 22.7 Å². The van der Waals surface area contributed by atoms with E-state index in [1.807, 2.05) is 0 Å². The number of anilines is 1. The van der Waals surface area contributed by atoms with Gasteiger partial charge in [0, 0.05) is 11.9 Å². The van der Waals surface area contributed by atoms with Gasteiger partial charge in [0.15, 0.2) is 0 Å². The smallest absolute Gasteiger partial charge is 0.238 e. The van der Waals surface area contributed by atoms with Crippen molar-refractivity contribution in [3.8, 4) is 12.1 Å². The molecule has 0 saturated heterocycles. The van der Waals surface area contributed by atoms with Gasteiger partial charge in [-0.25, -0.2) is 13.6 Å². The lowest BCUT2D eigenvalue weighted by Crippen LogP contribution is -2.11. The lowest BCUT2D eigenvalue weighted by molar-refractivity contribution is 0.598. The van der Waals surface area contributed by atoms with Crippen LogP contribution in [0.15, 0.2) is 40.9 Å². The predicted octanol–water partition coefficient (Wildman–Crippen LogP) is 0.677. The zero-order valence-corrected chi connectivity index (χ0v) is 9.40. The molecule has 1 aromatic carbocycles. The average Bonchev–Trinajstić information content (AvgIpc) is 2.30. The van der Waals surface area contributed by atoms with Gasteiger partial charge in [-0.1, -0.05) is 0 Å². The van der Waals surface area contributed by atoms with Gasteiger partial charge in [0.2, 0.25) is 10.0 Å². The Morgan fingerprint density at radius 2 is 1.76 bits per heavy atom. The van der Waals surface area contributed by atoms with Gasteiger partial charge >= 0.3 is 0 Å². The molecular weight excluding hydrogens is 240 g/mol. The van der Waals surface area contributed by atoms with Crippen molar-refractivity contribution < 1.29 is 8.42 Å². The van der Waals surface area contributed by atoms with E-state index < -0.39 is 10.0 Å². The molecule has 0 aromatic heterocycles. The first-order chi connectivity index (χ1) is 7.97. The maximum Gasteiger partial charge on any atom is 0.238 e. The van der Waals surface area contributed by atoms with E-state index in [1.54, 1.807) is 12.1 Å². The summed E-state index contributed by atoms with van der Waals surface area (Å²) in [6.07, 6.45) is 1.23. The number of hydrogen-bond donors (Lipinski definition) is 2. The highest BCUT2D eigenvalue weighted by atomic mass is 32.2. The first-order valence-electron chi connectivity index (χ1n) is 4.37. The molecule has 0 amide bonds. The number of nitrogens with zero attached hydrogens (tertiary/aromatic N) is 2. The highest BCUT2D eigenvalue weighted by molar-refractivity contribution is 7.89. The van der Waals surface area contributed by atoms with Crippen molar-refractivity contribution in [1.29, 1.82) is 10.5 Å². The number of sulfonamides is 1. The molecule has 0 unspecified atom stereocenters. The number of nitrogens with two attached hydrogens (primary N) is 1. The molecule has 6 nitrogen and oxygen atoms in total. The summed E-state index contributed by atoms with van der Waals surface area (Å²) in [7, 11) is -3.71. The number of nitrogens with one attached hydrogen (secondary N) is 1. The molecule has 7 heteroatoms. The molecule has 86 valence electrons. The van der Waals surface area contributed by atoms with Gasteiger partial charge in [0.25, 0.3) is 0 Å². The van der Waals surface area contributed by atoms with E-state index in [0.29, 0.717) is 5.69 Å². The van der Waals surface area contributed by atoms with Gasteiger partial charge < -0.3 is 5.32 Å². The number of primary sulfonamides is 1. The molecule has 3 N–H and O–H groups in total. The van der Waals surface area contributed by atoms with Crippen molar-refractivity contribution in [3.05, 3.63) is 36.0 Å². The zero-order chi connectivity index (χ0) is 12.9. The highest BCUT2D eigenvalue weighted by Gasteiger charge is 2.06. The molecule has 0 aliphatic rings. The number of nitriles is 2. The van der Waals surface area contributed by atoms with Crippen LogP contribution in [0.25, 0.3) is 0 Å². The Kier molecular flexibility index (Phi) is 3.83. The van der Waals surface area contributed by atoms with Crippen LogP contribution < -0.4 is 10.5 Å². The minimum Gasteiger partial charge on any atom is -0.360 e. The molecule has 0 atom stereocenters. The lowest BCUT2D eigenvalue weighted by Gasteiger charge is -2.02. The Morgan fingerprint density at radius 3 is 2.18 bits per heavy atom. The second kappa shape index (κ2) is 5.12. The second-order valence-electron chi connectivity index (χ2n) is 3.00. The van der Waals surface area contributed by atoms with E-state index in [1.165, 1.54) is 30.5 Å². The third-order valence-electron chi connectivity index (χ3n) is 1.81. The molecule has 0 aliphatic heterocycles. The summed E-state index contributed by atoms with van der Waals surface area (Å²) in [4.78, 5) is -0.00665. The largest absolute Gasteiger partial charge is 0.360 e. The van der Waals surface area contributed by atoms with E-state index in [9.17, 15) is 8.42 Å². The van der Waals surface area contributed by atoms with Crippen molar-refractivity contribution in [2.24, 2.45) is 5.14 Å². The number of hydrogen-bond acceptors (Lipinski definition) is 5. The van der Waals surface area contributed by atoms with Gasteiger partial charge in [0.05, 0.1) is 4.90 Å². The van der Waals surface area contributed by atoms with Crippen LogP contribution in [-0.2, 0) is 10.0 Å². The van der Waals surface area contributed by atoms with Gasteiger partial charge in [-0.05, 0) is 24.3 Å². The Morgan fingerprint density at radius 1 is 1.24 bits per heavy atom. The molecule has 1 aromatic rings. The van der Waals surface area contributed by atoms with Gasteiger partial charge in [0.1, 0.15) is 17.7 Å². The van der Waals surface area contributed by atoms with Crippen LogP contribution >= 0.6 is 0 Å². The third kappa shape index (κ3) is 3.61.